The summed E-state index contributed by atoms with van der Waals surface area (Å²) in [6.45, 7) is 4.25. The fourth-order valence-corrected chi connectivity index (χ4v) is 14.7. The number of nitriles is 2. The fourth-order valence-electron chi connectivity index (χ4n) is 14.7. The number of imidazole rings is 2. The lowest BCUT2D eigenvalue weighted by Crippen LogP contribution is -2.28. The van der Waals surface area contributed by atoms with Crippen molar-refractivity contribution in [2.75, 3.05) is 0 Å². The van der Waals surface area contributed by atoms with Gasteiger partial charge >= 0.3 is 0 Å². The first kappa shape index (κ1) is 54.5. The number of aryl methyl sites for hydroxylation is 2. The van der Waals surface area contributed by atoms with Crippen LogP contribution in [0.1, 0.15) is 81.1 Å². The van der Waals surface area contributed by atoms with Crippen LogP contribution in [-0.4, -0.2) is 19.5 Å². The van der Waals surface area contributed by atoms with Crippen LogP contribution in [0.25, 0.3) is 93.9 Å². The molecule has 1 N–H and O–H groups in total. The maximum Gasteiger partial charge on any atom is 0.171 e. The number of halogens is 1. The molecular formula is C82H55FN6O2. The van der Waals surface area contributed by atoms with Crippen LogP contribution in [-0.2, 0) is 23.7 Å². The van der Waals surface area contributed by atoms with E-state index in [0.717, 1.165) is 124 Å². The fraction of sp³-hybridized carbons (Fsp3) is 0.0732. The molecule has 4 aromatic heterocycles. The molecule has 0 bridgehead atoms. The van der Waals surface area contributed by atoms with Gasteiger partial charge in [-0.05, 0) is 140 Å². The van der Waals surface area contributed by atoms with Gasteiger partial charge in [0.05, 0.1) is 61.8 Å². The van der Waals surface area contributed by atoms with E-state index in [9.17, 15) is 10.5 Å². The van der Waals surface area contributed by atoms with E-state index in [4.69, 9.17) is 13.8 Å². The average Bonchev–Trinajstić information content (AvgIpc) is 1.53. The molecule has 16 aromatic rings. The Balaban J connectivity index is 0.000000127. The molecule has 0 saturated heterocycles. The number of aromatic amines is 1. The van der Waals surface area contributed by atoms with E-state index in [1.54, 1.807) is 6.07 Å². The molecule has 0 amide bonds. The van der Waals surface area contributed by atoms with Crippen molar-refractivity contribution in [1.29, 1.82) is 10.5 Å². The number of H-pyrrole nitrogens is 1. The van der Waals surface area contributed by atoms with Crippen molar-refractivity contribution in [1.82, 2.24) is 19.5 Å². The summed E-state index contributed by atoms with van der Waals surface area (Å²) in [5.74, 6) is 1.67. The minimum absolute atomic E-state index is 0.281. The number of nitrogens with zero attached hydrogens (tertiary/aromatic N) is 5. The van der Waals surface area contributed by atoms with E-state index < -0.39 is 10.8 Å². The van der Waals surface area contributed by atoms with Crippen molar-refractivity contribution >= 4 is 65.9 Å². The predicted octanol–water partition coefficient (Wildman–Crippen LogP) is 19.8. The number of aromatic nitrogens is 4. The Morgan fingerprint density at radius 3 is 1.46 bits per heavy atom. The zero-order valence-electron chi connectivity index (χ0n) is 49.7. The lowest BCUT2D eigenvalue weighted by molar-refractivity contribution is 0.581. The highest BCUT2D eigenvalue weighted by molar-refractivity contribution is 6.18. The van der Waals surface area contributed by atoms with Gasteiger partial charge < -0.3 is 13.8 Å². The third kappa shape index (κ3) is 8.25. The van der Waals surface area contributed by atoms with Gasteiger partial charge in [-0.1, -0.05) is 208 Å². The van der Waals surface area contributed by atoms with E-state index in [1.807, 2.05) is 127 Å². The molecule has 0 radical (unpaired) electrons. The van der Waals surface area contributed by atoms with Crippen LogP contribution in [0.15, 0.2) is 276 Å². The summed E-state index contributed by atoms with van der Waals surface area (Å²) < 4.78 is 31.0. The molecule has 432 valence electrons. The first-order chi connectivity index (χ1) is 44.9. The van der Waals surface area contributed by atoms with Crippen molar-refractivity contribution in [3.63, 3.8) is 0 Å². The van der Waals surface area contributed by atoms with Gasteiger partial charge in [-0.15, -0.1) is 0 Å². The summed E-state index contributed by atoms with van der Waals surface area (Å²) in [6, 6.07) is 94.9. The van der Waals surface area contributed by atoms with Gasteiger partial charge in [-0.25, -0.2) is 14.4 Å². The van der Waals surface area contributed by atoms with Crippen molar-refractivity contribution in [2.45, 2.75) is 37.5 Å². The zero-order valence-corrected chi connectivity index (χ0v) is 49.7. The number of hydrogen-bond acceptors (Lipinski definition) is 6. The molecular weight excluding hydrogens is 1120 g/mol. The number of fused-ring (bicyclic) bond motifs is 16. The smallest absolute Gasteiger partial charge is 0.171 e. The summed E-state index contributed by atoms with van der Waals surface area (Å²) in [6.07, 6.45) is 1.74. The van der Waals surface area contributed by atoms with Crippen LogP contribution in [0.3, 0.4) is 0 Å². The quantitative estimate of drug-likeness (QED) is 0.170. The zero-order chi connectivity index (χ0) is 61.4. The van der Waals surface area contributed by atoms with E-state index in [-0.39, 0.29) is 11.4 Å². The molecule has 12 aromatic carbocycles. The van der Waals surface area contributed by atoms with Gasteiger partial charge in [0, 0.05) is 34.4 Å². The normalized spacial score (nSPS) is 15.1. The molecule has 2 atom stereocenters. The number of hydrogen-bond donors (Lipinski definition) is 1. The largest absolute Gasteiger partial charge is 0.454 e. The molecule has 0 fully saturated rings. The van der Waals surface area contributed by atoms with E-state index in [0.29, 0.717) is 16.7 Å². The minimum atomic E-state index is -0.741. The summed E-state index contributed by atoms with van der Waals surface area (Å²) in [4.78, 5) is 12.7. The number of furan rings is 2. The van der Waals surface area contributed by atoms with E-state index >= 15 is 4.39 Å². The Kier molecular flexibility index (Phi) is 13.0. The van der Waals surface area contributed by atoms with Crippen LogP contribution < -0.4 is 0 Å². The SMILES string of the molecule is CCc1nc2ccccc2[nH]1.CCc1nc2ccccc2n1-c1cc2c(c3c1oc1ccccc13)-c1ccccc1C2(c1ccccc1)c1ccc(C#N)cc1.N#Cc1ccc(C2(c3ccccc3)c3ccccc3-c3c2cc(F)c2oc4ccccc4c32)cc1. The Labute approximate surface area is 524 Å². The van der Waals surface area contributed by atoms with E-state index in [2.05, 4.69) is 174 Å². The first-order valence-electron chi connectivity index (χ1n) is 30.7. The second-order valence-electron chi connectivity index (χ2n) is 23.2. The van der Waals surface area contributed by atoms with Crippen LogP contribution >= 0.6 is 0 Å². The highest BCUT2D eigenvalue weighted by atomic mass is 19.1. The third-order valence-electron chi connectivity index (χ3n) is 18.5. The summed E-state index contributed by atoms with van der Waals surface area (Å²) in [5.41, 5.74) is 20.8. The molecule has 0 aliphatic heterocycles. The monoisotopic (exact) mass is 1170 g/mol. The van der Waals surface area contributed by atoms with Crippen LogP contribution in [0.5, 0.6) is 0 Å². The Bertz CT molecular complexity index is 5580. The Hall–Kier alpha value is -11.9. The lowest BCUT2D eigenvalue weighted by atomic mass is 9.67. The Morgan fingerprint density at radius 2 is 0.912 bits per heavy atom. The van der Waals surface area contributed by atoms with Crippen molar-refractivity contribution in [3.8, 4) is 40.1 Å². The molecule has 2 aliphatic carbocycles. The van der Waals surface area contributed by atoms with Gasteiger partial charge in [-0.2, -0.15) is 10.5 Å². The van der Waals surface area contributed by atoms with Crippen LogP contribution in [0, 0.1) is 28.5 Å². The van der Waals surface area contributed by atoms with Crippen molar-refractivity contribution in [3.05, 3.63) is 340 Å². The van der Waals surface area contributed by atoms with E-state index in [1.165, 1.54) is 27.8 Å². The molecule has 8 nitrogen and oxygen atoms in total. The highest BCUT2D eigenvalue weighted by Crippen LogP contribution is 2.61. The second-order valence-corrected chi connectivity index (χ2v) is 23.2. The third-order valence-corrected chi connectivity index (χ3v) is 18.5. The van der Waals surface area contributed by atoms with Gasteiger partial charge in [0.1, 0.15) is 22.8 Å². The molecule has 9 heteroatoms. The standard InChI is InChI=1S/C41H27N3O.C32H18FNO.C9H10N2/c1-2-37-43-33-17-9-10-18-34(33)44(37)35-24-32-38(39-30-15-7-11-19-36(30)45-40(35)39)29-14-6-8-16-31(29)41(32,27-12-4-3-5-13-27)28-22-20-26(25-42)21-23-28;33-27-18-26-29(30-24-11-5-7-13-28(24)35-31(27)30)23-10-4-6-12-25(23)32(26,21-8-2-1-3-9-21)22-16-14-20(19-34)15-17-22;1-2-9-10-7-5-3-4-6-8(7)11-9/h3-24H,2H2,1H3;1-18H;3-6H,2H2,1H3,(H,10,11). The van der Waals surface area contributed by atoms with Gasteiger partial charge in [0.15, 0.2) is 17.0 Å². The van der Waals surface area contributed by atoms with Crippen molar-refractivity contribution in [2.24, 2.45) is 0 Å². The van der Waals surface area contributed by atoms with Gasteiger partial charge in [0.25, 0.3) is 0 Å². The molecule has 0 saturated carbocycles. The van der Waals surface area contributed by atoms with Crippen LogP contribution in [0.2, 0.25) is 0 Å². The number of nitrogens with one attached hydrogen (secondary N) is 1. The molecule has 4 heterocycles. The maximum absolute atomic E-state index is 15.9. The Morgan fingerprint density at radius 1 is 0.451 bits per heavy atom. The predicted molar refractivity (Wildman–Crippen MR) is 361 cm³/mol. The number of benzene rings is 12. The molecule has 2 unspecified atom stereocenters. The summed E-state index contributed by atoms with van der Waals surface area (Å²) >= 11 is 0. The molecule has 91 heavy (non-hydrogen) atoms. The maximum atomic E-state index is 15.9. The lowest BCUT2D eigenvalue weighted by Gasteiger charge is -2.34. The average molecular weight is 1180 g/mol. The van der Waals surface area contributed by atoms with Gasteiger partial charge in [-0.3, -0.25) is 4.57 Å². The van der Waals surface area contributed by atoms with Crippen LogP contribution in [0.4, 0.5) is 4.39 Å². The van der Waals surface area contributed by atoms with Crippen molar-refractivity contribution < 1.29 is 13.2 Å². The van der Waals surface area contributed by atoms with Gasteiger partial charge in [0.2, 0.25) is 0 Å². The first-order valence-corrected chi connectivity index (χ1v) is 30.7. The molecule has 0 spiro atoms. The second kappa shape index (κ2) is 21.7. The summed E-state index contributed by atoms with van der Waals surface area (Å²) in [7, 11) is 0. The molecule has 2 aliphatic rings. The minimum Gasteiger partial charge on any atom is -0.454 e. The summed E-state index contributed by atoms with van der Waals surface area (Å²) in [5, 5.41) is 23.0. The number of rotatable bonds is 7. The highest BCUT2D eigenvalue weighted by Gasteiger charge is 2.49. The topological polar surface area (TPSA) is 120 Å². The number of para-hydroxylation sites is 6. The molecule has 18 rings (SSSR count).